The lowest BCUT2D eigenvalue weighted by Crippen LogP contribution is -2.28. The summed E-state index contributed by atoms with van der Waals surface area (Å²) < 4.78 is 30.0. The Morgan fingerprint density at radius 1 is 1.53 bits per heavy atom. The Labute approximate surface area is 121 Å². The third-order valence-electron chi connectivity index (χ3n) is 2.35. The number of sulfonamides is 1. The van der Waals surface area contributed by atoms with Gasteiger partial charge in [0.1, 0.15) is 9.20 Å². The minimum absolute atomic E-state index is 0.000235. The van der Waals surface area contributed by atoms with Crippen molar-refractivity contribution in [1.82, 2.24) is 4.31 Å². The first-order valence-corrected chi connectivity index (χ1v) is 7.88. The van der Waals surface area contributed by atoms with Gasteiger partial charge in [0.2, 0.25) is 0 Å². The predicted octanol–water partition coefficient (Wildman–Crippen LogP) is 0.566. The second-order valence-electron chi connectivity index (χ2n) is 3.64. The number of nitrogens with two attached hydrogens (primary N) is 1. The molecule has 2 N–H and O–H groups in total. The molecule has 0 saturated heterocycles. The first-order valence-electron chi connectivity index (χ1n) is 5.22. The predicted molar refractivity (Wildman–Crippen MR) is 76.7 cm³/mol. The molecule has 6 nitrogen and oxygen atoms in total. The minimum atomic E-state index is -3.63. The molecule has 0 fully saturated rings. The van der Waals surface area contributed by atoms with Crippen LogP contribution in [0, 0.1) is 0 Å². The number of thiocarbonyl (C=S) groups is 1. The molecule has 1 aromatic heterocycles. The van der Waals surface area contributed by atoms with Crippen LogP contribution in [-0.4, -0.2) is 44.4 Å². The normalized spacial score (nSPS) is 11.5. The van der Waals surface area contributed by atoms with E-state index in [0.29, 0.717) is 4.88 Å². The fourth-order valence-corrected chi connectivity index (χ4v) is 3.95. The zero-order valence-electron chi connectivity index (χ0n) is 10.5. The molecule has 106 valence electrons. The van der Waals surface area contributed by atoms with Gasteiger partial charge in [0.15, 0.2) is 0 Å². The number of carbonyl (C=O) groups is 1. The molecular formula is C10H14N2O4S3. The highest BCUT2D eigenvalue weighted by Gasteiger charge is 2.23. The van der Waals surface area contributed by atoms with Crippen LogP contribution in [0.15, 0.2) is 16.3 Å². The summed E-state index contributed by atoms with van der Waals surface area (Å²) in [4.78, 5) is 11.7. The lowest BCUT2D eigenvalue weighted by molar-refractivity contribution is -0.140. The number of rotatable bonds is 6. The number of ether oxygens (including phenoxy) is 1. The number of esters is 1. The van der Waals surface area contributed by atoms with Crippen molar-refractivity contribution in [3.63, 3.8) is 0 Å². The summed E-state index contributed by atoms with van der Waals surface area (Å²) in [5.41, 5.74) is 5.44. The molecule has 19 heavy (non-hydrogen) atoms. The molecule has 1 aromatic rings. The van der Waals surface area contributed by atoms with Crippen LogP contribution >= 0.6 is 23.6 Å². The molecule has 0 atom stereocenters. The van der Waals surface area contributed by atoms with E-state index < -0.39 is 16.0 Å². The molecule has 0 bridgehead atoms. The molecule has 0 amide bonds. The number of thiophene rings is 1. The number of nitrogens with zero attached hydrogens (tertiary/aromatic N) is 1. The molecule has 0 unspecified atom stereocenters. The first kappa shape index (κ1) is 16.0. The summed E-state index contributed by atoms with van der Waals surface area (Å²) in [6.07, 6.45) is -0.000235. The first-order chi connectivity index (χ1) is 8.78. The molecule has 0 spiro atoms. The standard InChI is InChI=1S/C10H14N2O4S3/c1-12(6-5-8(13)16-2)19(14,15)9-4-3-7(18-9)10(11)17/h3-4H,5-6H2,1-2H3,(H2,11,17). The highest BCUT2D eigenvalue weighted by atomic mass is 32.2. The maximum absolute atomic E-state index is 12.2. The van der Waals surface area contributed by atoms with Crippen molar-refractivity contribution < 1.29 is 17.9 Å². The van der Waals surface area contributed by atoms with Crippen molar-refractivity contribution in [3.05, 3.63) is 17.0 Å². The summed E-state index contributed by atoms with van der Waals surface area (Å²) in [7, 11) is -0.971. The number of carbonyl (C=O) groups excluding carboxylic acids is 1. The fraction of sp³-hybridized carbons (Fsp3) is 0.400. The Kier molecular flexibility index (Phi) is 5.41. The van der Waals surface area contributed by atoms with Crippen LogP contribution in [0.4, 0.5) is 0 Å². The van der Waals surface area contributed by atoms with E-state index in [1.165, 1.54) is 20.2 Å². The molecule has 9 heteroatoms. The van der Waals surface area contributed by atoms with Crippen molar-refractivity contribution in [2.75, 3.05) is 20.7 Å². The maximum atomic E-state index is 12.2. The zero-order chi connectivity index (χ0) is 14.6. The third-order valence-corrected chi connectivity index (χ3v) is 6.14. The van der Waals surface area contributed by atoms with Gasteiger partial charge in [-0.3, -0.25) is 4.79 Å². The van der Waals surface area contributed by atoms with Gasteiger partial charge in [0.25, 0.3) is 10.0 Å². The van der Waals surface area contributed by atoms with Gasteiger partial charge in [-0.1, -0.05) is 12.2 Å². The summed E-state index contributed by atoms with van der Waals surface area (Å²) in [5.74, 6) is -0.461. The number of methoxy groups -OCH3 is 1. The van der Waals surface area contributed by atoms with Gasteiger partial charge in [-0.25, -0.2) is 8.42 Å². The quantitative estimate of drug-likeness (QED) is 0.608. The van der Waals surface area contributed by atoms with E-state index >= 15 is 0 Å². The maximum Gasteiger partial charge on any atom is 0.306 e. The van der Waals surface area contributed by atoms with Gasteiger partial charge in [-0.15, -0.1) is 11.3 Å². The van der Waals surface area contributed by atoms with Gasteiger partial charge in [-0.05, 0) is 12.1 Å². The molecule has 0 aliphatic carbocycles. The van der Waals surface area contributed by atoms with E-state index in [-0.39, 0.29) is 22.2 Å². The van der Waals surface area contributed by atoms with Crippen molar-refractivity contribution in [2.24, 2.45) is 5.73 Å². The van der Waals surface area contributed by atoms with Gasteiger partial charge in [0.05, 0.1) is 18.4 Å². The Morgan fingerprint density at radius 3 is 2.63 bits per heavy atom. The van der Waals surface area contributed by atoms with Crippen LogP contribution in [0.1, 0.15) is 11.3 Å². The van der Waals surface area contributed by atoms with E-state index in [2.05, 4.69) is 4.74 Å². The van der Waals surface area contributed by atoms with Gasteiger partial charge in [-0.2, -0.15) is 4.31 Å². The fourth-order valence-electron chi connectivity index (χ4n) is 1.22. The van der Waals surface area contributed by atoms with E-state index in [9.17, 15) is 13.2 Å². The Morgan fingerprint density at radius 2 is 2.16 bits per heavy atom. The van der Waals surface area contributed by atoms with E-state index in [4.69, 9.17) is 18.0 Å². The Bertz CT molecular complexity index is 579. The van der Waals surface area contributed by atoms with Crippen LogP contribution in [0.5, 0.6) is 0 Å². The highest BCUT2D eigenvalue weighted by Crippen LogP contribution is 2.24. The lowest BCUT2D eigenvalue weighted by atomic mass is 10.4. The van der Waals surface area contributed by atoms with Crippen LogP contribution in [0.3, 0.4) is 0 Å². The number of hydrogen-bond donors (Lipinski definition) is 1. The third kappa shape index (κ3) is 3.96. The second-order valence-corrected chi connectivity index (χ2v) is 7.43. The molecular weight excluding hydrogens is 308 g/mol. The van der Waals surface area contributed by atoms with E-state index in [1.54, 1.807) is 6.07 Å². The largest absolute Gasteiger partial charge is 0.469 e. The zero-order valence-corrected chi connectivity index (χ0v) is 12.9. The van der Waals surface area contributed by atoms with E-state index in [1.807, 2.05) is 0 Å². The van der Waals surface area contributed by atoms with Gasteiger partial charge in [0, 0.05) is 13.6 Å². The average molecular weight is 322 g/mol. The molecule has 0 aliphatic rings. The Hall–Kier alpha value is -1.03. The van der Waals surface area contributed by atoms with Crippen molar-refractivity contribution in [2.45, 2.75) is 10.6 Å². The van der Waals surface area contributed by atoms with Crippen molar-refractivity contribution in [3.8, 4) is 0 Å². The molecule has 0 aliphatic heterocycles. The molecule has 1 rings (SSSR count). The second kappa shape index (κ2) is 6.42. The topological polar surface area (TPSA) is 89.7 Å². The molecule has 0 aromatic carbocycles. The average Bonchev–Trinajstić information content (AvgIpc) is 2.85. The van der Waals surface area contributed by atoms with Crippen LogP contribution in [0.2, 0.25) is 0 Å². The molecule has 1 heterocycles. The Balaban J connectivity index is 2.84. The van der Waals surface area contributed by atoms with Crippen LogP contribution in [0.25, 0.3) is 0 Å². The van der Waals surface area contributed by atoms with Gasteiger partial charge >= 0.3 is 5.97 Å². The SMILES string of the molecule is COC(=O)CCN(C)S(=O)(=O)c1ccc(C(N)=S)s1. The van der Waals surface area contributed by atoms with Crippen molar-refractivity contribution in [1.29, 1.82) is 0 Å². The molecule has 0 radical (unpaired) electrons. The summed E-state index contributed by atoms with van der Waals surface area (Å²) in [5, 5.41) is 0. The summed E-state index contributed by atoms with van der Waals surface area (Å²) >= 11 is 5.79. The van der Waals surface area contributed by atoms with Crippen LogP contribution < -0.4 is 5.73 Å². The summed E-state index contributed by atoms with van der Waals surface area (Å²) in [6, 6.07) is 3.01. The number of hydrogen-bond acceptors (Lipinski definition) is 6. The van der Waals surface area contributed by atoms with Gasteiger partial charge < -0.3 is 10.5 Å². The summed E-state index contributed by atoms with van der Waals surface area (Å²) in [6.45, 7) is 0.0509. The highest BCUT2D eigenvalue weighted by molar-refractivity contribution is 7.91. The van der Waals surface area contributed by atoms with Crippen molar-refractivity contribution >= 4 is 44.5 Å². The van der Waals surface area contributed by atoms with E-state index in [0.717, 1.165) is 15.6 Å². The van der Waals surface area contributed by atoms with Crippen LogP contribution in [-0.2, 0) is 19.6 Å². The smallest absolute Gasteiger partial charge is 0.306 e. The monoisotopic (exact) mass is 322 g/mol. The minimum Gasteiger partial charge on any atom is -0.469 e. The molecule has 0 saturated carbocycles. The lowest BCUT2D eigenvalue weighted by Gasteiger charge is -2.14.